The van der Waals surface area contributed by atoms with E-state index >= 15 is 0 Å². The summed E-state index contributed by atoms with van der Waals surface area (Å²) in [6.45, 7) is 2.53. The van der Waals surface area contributed by atoms with Gasteiger partial charge in [-0.15, -0.1) is 12.4 Å². The predicted octanol–water partition coefficient (Wildman–Crippen LogP) is 2.19. The topological polar surface area (TPSA) is 52.3 Å². The summed E-state index contributed by atoms with van der Waals surface area (Å²) in [5, 5.41) is 0. The second-order valence-corrected chi connectivity index (χ2v) is 3.59. The molecule has 94 valence electrons. The largest absolute Gasteiger partial charge is 0.466 e. The molecule has 4 heteroatoms. The number of carbonyl (C=O) groups is 1. The number of halogens is 1. The fourth-order valence-corrected chi connectivity index (χ4v) is 1.42. The van der Waals surface area contributed by atoms with Gasteiger partial charge in [-0.05, 0) is 36.6 Å². The van der Waals surface area contributed by atoms with Crippen molar-refractivity contribution in [2.24, 2.45) is 5.73 Å². The maximum absolute atomic E-state index is 11.0. The first kappa shape index (κ1) is 15.7. The molecule has 0 aliphatic rings. The number of methoxy groups -OCH3 is 1. The van der Waals surface area contributed by atoms with E-state index in [1.807, 2.05) is 31.2 Å². The van der Waals surface area contributed by atoms with Crippen molar-refractivity contribution < 1.29 is 9.53 Å². The Bertz CT molecular complexity index is 385. The van der Waals surface area contributed by atoms with Crippen molar-refractivity contribution in [1.82, 2.24) is 0 Å². The van der Waals surface area contributed by atoms with Crippen LogP contribution in [0.3, 0.4) is 0 Å². The lowest BCUT2D eigenvalue weighted by Gasteiger charge is -2.03. The van der Waals surface area contributed by atoms with Crippen molar-refractivity contribution in [3.63, 3.8) is 0 Å². The van der Waals surface area contributed by atoms with Gasteiger partial charge in [-0.3, -0.25) is 0 Å². The molecule has 0 heterocycles. The van der Waals surface area contributed by atoms with E-state index in [4.69, 9.17) is 5.73 Å². The van der Waals surface area contributed by atoms with Gasteiger partial charge in [0.2, 0.25) is 0 Å². The predicted molar refractivity (Wildman–Crippen MR) is 72.1 cm³/mol. The van der Waals surface area contributed by atoms with Gasteiger partial charge < -0.3 is 10.5 Å². The number of esters is 1. The van der Waals surface area contributed by atoms with Crippen molar-refractivity contribution in [2.75, 3.05) is 13.7 Å². The van der Waals surface area contributed by atoms with Crippen LogP contribution in [-0.4, -0.2) is 19.6 Å². The zero-order valence-electron chi connectivity index (χ0n) is 10.1. The number of ether oxygens (including phenoxy) is 1. The van der Waals surface area contributed by atoms with Crippen LogP contribution in [0.25, 0.3) is 5.57 Å². The summed E-state index contributed by atoms with van der Waals surface area (Å²) in [7, 11) is 1.37. The summed E-state index contributed by atoms with van der Waals surface area (Å²) >= 11 is 0. The van der Waals surface area contributed by atoms with Gasteiger partial charge in [0, 0.05) is 6.08 Å². The molecule has 1 aromatic carbocycles. The van der Waals surface area contributed by atoms with Crippen LogP contribution in [0, 0.1) is 0 Å². The van der Waals surface area contributed by atoms with E-state index in [9.17, 15) is 4.79 Å². The first-order valence-electron chi connectivity index (χ1n) is 5.23. The van der Waals surface area contributed by atoms with Crippen LogP contribution in [0.1, 0.15) is 18.1 Å². The van der Waals surface area contributed by atoms with Crippen molar-refractivity contribution in [3.8, 4) is 0 Å². The average molecular weight is 256 g/mol. The molecular weight excluding hydrogens is 238 g/mol. The lowest BCUT2D eigenvalue weighted by molar-refractivity contribution is -0.134. The molecule has 2 N–H and O–H groups in total. The van der Waals surface area contributed by atoms with E-state index in [1.165, 1.54) is 18.7 Å². The van der Waals surface area contributed by atoms with Gasteiger partial charge in [0.1, 0.15) is 0 Å². The highest BCUT2D eigenvalue weighted by atomic mass is 35.5. The first-order chi connectivity index (χ1) is 7.67. The molecule has 0 aliphatic carbocycles. The average Bonchev–Trinajstić information content (AvgIpc) is 2.30. The summed E-state index contributed by atoms with van der Waals surface area (Å²) in [4.78, 5) is 11.0. The number of nitrogens with two attached hydrogens (primary N) is 1. The summed E-state index contributed by atoms with van der Waals surface area (Å²) in [6.07, 6.45) is 2.36. The van der Waals surface area contributed by atoms with Crippen molar-refractivity contribution >= 4 is 23.9 Å². The quantitative estimate of drug-likeness (QED) is 0.663. The molecule has 0 amide bonds. The van der Waals surface area contributed by atoms with E-state index in [1.54, 1.807) is 0 Å². The Morgan fingerprint density at radius 3 is 2.41 bits per heavy atom. The van der Waals surface area contributed by atoms with Crippen LogP contribution in [0.4, 0.5) is 0 Å². The first-order valence-corrected chi connectivity index (χ1v) is 5.23. The maximum Gasteiger partial charge on any atom is 0.330 e. The SMILES string of the molecule is COC(=O)C=C(C)c1ccc(CCN)cc1.Cl. The molecule has 0 fully saturated rings. The number of carbonyl (C=O) groups excluding carboxylic acids is 1. The third-order valence-electron chi connectivity index (χ3n) is 2.38. The van der Waals surface area contributed by atoms with E-state index in [2.05, 4.69) is 4.74 Å². The Kier molecular flexibility index (Phi) is 7.26. The Morgan fingerprint density at radius 1 is 1.35 bits per heavy atom. The standard InChI is InChI=1S/C13H17NO2.ClH/c1-10(9-13(15)16-2)12-5-3-11(4-6-12)7-8-14;/h3-6,9H,7-8,14H2,1-2H3;1H. The molecule has 0 spiro atoms. The minimum atomic E-state index is -0.330. The number of benzene rings is 1. The van der Waals surface area contributed by atoms with Gasteiger partial charge in [0.05, 0.1) is 7.11 Å². The second kappa shape index (κ2) is 7.87. The van der Waals surface area contributed by atoms with Gasteiger partial charge in [0.15, 0.2) is 0 Å². The van der Waals surface area contributed by atoms with E-state index in [0.717, 1.165) is 17.6 Å². The number of rotatable bonds is 4. The molecule has 1 aromatic rings. The number of allylic oxidation sites excluding steroid dienone is 1. The fraction of sp³-hybridized carbons (Fsp3) is 0.308. The van der Waals surface area contributed by atoms with Crippen LogP contribution in [-0.2, 0) is 16.0 Å². The molecule has 0 aliphatic heterocycles. The van der Waals surface area contributed by atoms with Gasteiger partial charge in [0.25, 0.3) is 0 Å². The molecule has 0 saturated heterocycles. The van der Waals surface area contributed by atoms with Crippen molar-refractivity contribution in [3.05, 3.63) is 41.5 Å². The Morgan fingerprint density at radius 2 is 1.94 bits per heavy atom. The highest BCUT2D eigenvalue weighted by molar-refractivity contribution is 5.90. The van der Waals surface area contributed by atoms with E-state index in [0.29, 0.717) is 6.54 Å². The van der Waals surface area contributed by atoms with Gasteiger partial charge in [-0.25, -0.2) is 4.79 Å². The number of hydrogen-bond acceptors (Lipinski definition) is 3. The van der Waals surface area contributed by atoms with Gasteiger partial charge in [-0.2, -0.15) is 0 Å². The molecule has 0 radical (unpaired) electrons. The Balaban J connectivity index is 0.00000256. The van der Waals surface area contributed by atoms with Crippen LogP contribution >= 0.6 is 12.4 Å². The summed E-state index contributed by atoms with van der Waals surface area (Å²) < 4.78 is 4.57. The van der Waals surface area contributed by atoms with E-state index < -0.39 is 0 Å². The molecular formula is C13H18ClNO2. The smallest absolute Gasteiger partial charge is 0.330 e. The molecule has 0 saturated carbocycles. The fourth-order valence-electron chi connectivity index (χ4n) is 1.42. The zero-order valence-corrected chi connectivity index (χ0v) is 10.9. The third kappa shape index (κ3) is 5.02. The molecule has 1 rings (SSSR count). The molecule has 0 bridgehead atoms. The Hall–Kier alpha value is -1.32. The Labute approximate surface area is 108 Å². The van der Waals surface area contributed by atoms with Crippen molar-refractivity contribution in [2.45, 2.75) is 13.3 Å². The van der Waals surface area contributed by atoms with Gasteiger partial charge in [-0.1, -0.05) is 24.3 Å². The summed E-state index contributed by atoms with van der Waals surface area (Å²) in [5.41, 5.74) is 8.59. The van der Waals surface area contributed by atoms with Crippen LogP contribution < -0.4 is 5.73 Å². The molecule has 0 atom stereocenters. The van der Waals surface area contributed by atoms with E-state index in [-0.39, 0.29) is 18.4 Å². The minimum Gasteiger partial charge on any atom is -0.466 e. The van der Waals surface area contributed by atoms with Crippen LogP contribution in [0.15, 0.2) is 30.3 Å². The van der Waals surface area contributed by atoms with Gasteiger partial charge >= 0.3 is 5.97 Å². The van der Waals surface area contributed by atoms with Crippen LogP contribution in [0.5, 0.6) is 0 Å². The van der Waals surface area contributed by atoms with Crippen molar-refractivity contribution in [1.29, 1.82) is 0 Å². The highest BCUT2D eigenvalue weighted by Gasteiger charge is 2.00. The molecule has 17 heavy (non-hydrogen) atoms. The normalized spacial score (nSPS) is 10.6. The highest BCUT2D eigenvalue weighted by Crippen LogP contribution is 2.14. The summed E-state index contributed by atoms with van der Waals surface area (Å²) in [5.74, 6) is -0.330. The molecule has 3 nitrogen and oxygen atoms in total. The second-order valence-electron chi connectivity index (χ2n) is 3.59. The summed E-state index contributed by atoms with van der Waals surface area (Å²) in [6, 6.07) is 8.02. The van der Waals surface area contributed by atoms with Crippen LogP contribution in [0.2, 0.25) is 0 Å². The zero-order chi connectivity index (χ0) is 12.0. The lowest BCUT2D eigenvalue weighted by atomic mass is 10.0. The third-order valence-corrected chi connectivity index (χ3v) is 2.38. The minimum absolute atomic E-state index is 0. The monoisotopic (exact) mass is 255 g/mol. The maximum atomic E-state index is 11.0. The molecule has 0 aromatic heterocycles. The molecule has 0 unspecified atom stereocenters. The lowest BCUT2D eigenvalue weighted by Crippen LogP contribution is -2.02. The number of hydrogen-bond donors (Lipinski definition) is 1.